The van der Waals surface area contributed by atoms with Crippen molar-refractivity contribution in [1.29, 1.82) is 0 Å². The summed E-state index contributed by atoms with van der Waals surface area (Å²) in [5.74, 6) is -0.483. The first-order valence-electron chi connectivity index (χ1n) is 10.0. The van der Waals surface area contributed by atoms with Gasteiger partial charge in [0, 0.05) is 16.5 Å². The van der Waals surface area contributed by atoms with Crippen molar-refractivity contribution in [2.24, 2.45) is 5.41 Å². The molecular formula is C25H29NO3. The normalized spacial score (nSPS) is 18.7. The highest BCUT2D eigenvalue weighted by Gasteiger charge is 2.60. The predicted octanol–water partition coefficient (Wildman–Crippen LogP) is 5.92. The lowest BCUT2D eigenvalue weighted by Gasteiger charge is -2.44. The summed E-state index contributed by atoms with van der Waals surface area (Å²) in [6.45, 7) is 14.6. The first-order chi connectivity index (χ1) is 13.3. The monoisotopic (exact) mass is 391 g/mol. The number of aromatic nitrogens is 1. The number of hydrogen-bond acceptors (Lipinski definition) is 4. The Morgan fingerprint density at radius 2 is 1.31 bits per heavy atom. The molecule has 29 heavy (non-hydrogen) atoms. The largest absolute Gasteiger partial charge is 0.507 e. The van der Waals surface area contributed by atoms with Crippen LogP contribution in [0.1, 0.15) is 58.2 Å². The van der Waals surface area contributed by atoms with Crippen molar-refractivity contribution in [2.45, 2.75) is 59.3 Å². The lowest BCUT2D eigenvalue weighted by Crippen LogP contribution is -2.42. The van der Waals surface area contributed by atoms with Gasteiger partial charge in [-0.1, -0.05) is 59.7 Å². The minimum atomic E-state index is -0.447. The molecule has 0 spiro atoms. The molecule has 0 saturated carbocycles. The third-order valence-corrected chi connectivity index (χ3v) is 8.00. The molecule has 0 aliphatic heterocycles. The second-order valence-electron chi connectivity index (χ2n) is 9.88. The molecule has 0 amide bonds. The highest BCUT2D eigenvalue weighted by atomic mass is 16.3. The molecule has 3 N–H and O–H groups in total. The van der Waals surface area contributed by atoms with Crippen LogP contribution < -0.4 is 0 Å². The number of hydrogen-bond donors (Lipinski definition) is 3. The van der Waals surface area contributed by atoms with Crippen molar-refractivity contribution in [2.75, 3.05) is 0 Å². The summed E-state index contributed by atoms with van der Waals surface area (Å²) >= 11 is 0. The maximum absolute atomic E-state index is 11.4. The van der Waals surface area contributed by atoms with Gasteiger partial charge in [0.1, 0.15) is 5.75 Å². The second kappa shape index (κ2) is 5.65. The van der Waals surface area contributed by atoms with Gasteiger partial charge in [-0.2, -0.15) is 0 Å². The molecule has 4 rings (SSSR count). The van der Waals surface area contributed by atoms with E-state index in [-0.39, 0.29) is 28.2 Å². The van der Waals surface area contributed by atoms with Crippen molar-refractivity contribution < 1.29 is 15.3 Å². The molecule has 0 bridgehead atoms. The van der Waals surface area contributed by atoms with Crippen molar-refractivity contribution in [3.05, 3.63) is 47.0 Å². The van der Waals surface area contributed by atoms with Crippen molar-refractivity contribution in [1.82, 2.24) is 4.98 Å². The second-order valence-corrected chi connectivity index (χ2v) is 9.88. The van der Waals surface area contributed by atoms with Crippen LogP contribution in [-0.2, 0) is 10.8 Å². The maximum Gasteiger partial charge on any atom is 0.171 e. The number of aryl methyl sites for hydroxylation is 1. The van der Waals surface area contributed by atoms with Gasteiger partial charge < -0.3 is 15.3 Å². The Morgan fingerprint density at radius 1 is 0.724 bits per heavy atom. The zero-order valence-corrected chi connectivity index (χ0v) is 18.2. The number of rotatable bonds is 1. The smallest absolute Gasteiger partial charge is 0.171 e. The molecule has 3 aromatic rings. The lowest BCUT2D eigenvalue weighted by molar-refractivity contribution is 0.122. The van der Waals surface area contributed by atoms with Gasteiger partial charge in [0.25, 0.3) is 0 Å². The average Bonchev–Trinajstić information content (AvgIpc) is 2.74. The SMILES string of the molecule is Cc1cccc2nc(-c3c(O)c(O)c4c(c3O)C(C)(C)C(C)(C)C4(C)C)ccc12. The number of phenolic OH excluding ortho intramolecular Hbond substituents is 3. The number of aromatic hydroxyl groups is 3. The molecule has 0 radical (unpaired) electrons. The molecule has 4 nitrogen and oxygen atoms in total. The molecule has 0 saturated heterocycles. The molecule has 1 aromatic heterocycles. The molecule has 0 fully saturated rings. The van der Waals surface area contributed by atoms with E-state index in [4.69, 9.17) is 0 Å². The number of benzene rings is 2. The van der Waals surface area contributed by atoms with Crippen LogP contribution in [0.25, 0.3) is 22.2 Å². The zero-order chi connectivity index (χ0) is 21.5. The van der Waals surface area contributed by atoms with Crippen LogP contribution in [0.5, 0.6) is 17.2 Å². The maximum atomic E-state index is 11.4. The van der Waals surface area contributed by atoms with E-state index in [1.165, 1.54) is 0 Å². The molecule has 0 atom stereocenters. The molecule has 1 heterocycles. The van der Waals surface area contributed by atoms with Crippen LogP contribution >= 0.6 is 0 Å². The highest BCUT2D eigenvalue weighted by Crippen LogP contribution is 2.68. The minimum absolute atomic E-state index is 0.00143. The van der Waals surface area contributed by atoms with E-state index in [2.05, 4.69) is 46.5 Å². The summed E-state index contributed by atoms with van der Waals surface area (Å²) in [7, 11) is 0. The van der Waals surface area contributed by atoms with Crippen LogP contribution in [0.4, 0.5) is 0 Å². The summed E-state index contributed by atoms with van der Waals surface area (Å²) in [5, 5.41) is 34.4. The van der Waals surface area contributed by atoms with Gasteiger partial charge in [0.15, 0.2) is 11.5 Å². The Bertz CT molecular complexity index is 1170. The molecule has 152 valence electrons. The number of phenols is 3. The molecule has 2 aromatic carbocycles. The quantitative estimate of drug-likeness (QED) is 0.355. The van der Waals surface area contributed by atoms with Crippen LogP contribution in [0.3, 0.4) is 0 Å². The Morgan fingerprint density at radius 3 is 1.93 bits per heavy atom. The summed E-state index contributed by atoms with van der Waals surface area (Å²) in [6, 6.07) is 9.58. The Labute approximate surface area is 171 Å². The lowest BCUT2D eigenvalue weighted by atomic mass is 9.59. The predicted molar refractivity (Wildman–Crippen MR) is 117 cm³/mol. The van der Waals surface area contributed by atoms with Crippen molar-refractivity contribution in [3.63, 3.8) is 0 Å². The fourth-order valence-corrected chi connectivity index (χ4v) is 5.02. The number of fused-ring (bicyclic) bond motifs is 2. The van der Waals surface area contributed by atoms with E-state index < -0.39 is 10.8 Å². The van der Waals surface area contributed by atoms with E-state index in [1.54, 1.807) is 6.07 Å². The van der Waals surface area contributed by atoms with E-state index in [9.17, 15) is 15.3 Å². The first kappa shape index (κ1) is 19.6. The average molecular weight is 392 g/mol. The molecular weight excluding hydrogens is 362 g/mol. The van der Waals surface area contributed by atoms with Gasteiger partial charge in [-0.3, -0.25) is 0 Å². The Kier molecular flexibility index (Phi) is 3.81. The number of pyridine rings is 1. The Hall–Kier alpha value is -2.75. The van der Waals surface area contributed by atoms with Gasteiger partial charge in [-0.05, 0) is 40.9 Å². The van der Waals surface area contributed by atoms with Gasteiger partial charge in [-0.15, -0.1) is 0 Å². The summed E-state index contributed by atoms with van der Waals surface area (Å²) in [5.41, 5.74) is 2.67. The van der Waals surface area contributed by atoms with Crippen LogP contribution in [0.15, 0.2) is 30.3 Å². The van der Waals surface area contributed by atoms with E-state index in [0.29, 0.717) is 16.8 Å². The molecule has 4 heteroatoms. The van der Waals surface area contributed by atoms with Crippen LogP contribution in [0, 0.1) is 12.3 Å². The topological polar surface area (TPSA) is 73.6 Å². The Balaban J connectivity index is 2.09. The molecule has 1 aliphatic carbocycles. The number of nitrogens with zero attached hydrogens (tertiary/aromatic N) is 1. The van der Waals surface area contributed by atoms with Crippen molar-refractivity contribution >= 4 is 10.9 Å². The van der Waals surface area contributed by atoms with Crippen LogP contribution in [0.2, 0.25) is 0 Å². The van der Waals surface area contributed by atoms with E-state index >= 15 is 0 Å². The van der Waals surface area contributed by atoms with Crippen molar-refractivity contribution in [3.8, 4) is 28.5 Å². The third-order valence-electron chi connectivity index (χ3n) is 8.00. The van der Waals surface area contributed by atoms with Crippen LogP contribution in [-0.4, -0.2) is 20.3 Å². The fourth-order valence-electron chi connectivity index (χ4n) is 5.02. The highest BCUT2D eigenvalue weighted by molar-refractivity contribution is 5.88. The van der Waals surface area contributed by atoms with Gasteiger partial charge in [0.2, 0.25) is 0 Å². The van der Waals surface area contributed by atoms with E-state index in [0.717, 1.165) is 16.5 Å². The molecule has 1 aliphatic rings. The zero-order valence-electron chi connectivity index (χ0n) is 18.2. The standard InChI is InChI=1S/C25H29NO3/c1-13-9-8-10-15-14(13)11-12-16(26-15)17-20(27)18-19(22(29)21(17)28)24(4,5)25(6,7)23(18,2)3/h8-12,27-29H,1-7H3. The fraction of sp³-hybridized carbons (Fsp3) is 0.400. The minimum Gasteiger partial charge on any atom is -0.507 e. The van der Waals surface area contributed by atoms with E-state index in [1.807, 2.05) is 31.2 Å². The molecule has 0 unspecified atom stereocenters. The summed E-state index contributed by atoms with van der Waals surface area (Å²) in [6.07, 6.45) is 0. The summed E-state index contributed by atoms with van der Waals surface area (Å²) < 4.78 is 0. The summed E-state index contributed by atoms with van der Waals surface area (Å²) in [4.78, 5) is 4.68. The van der Waals surface area contributed by atoms with Gasteiger partial charge >= 0.3 is 0 Å². The third kappa shape index (κ3) is 2.23. The first-order valence-corrected chi connectivity index (χ1v) is 10.0. The van der Waals surface area contributed by atoms with Gasteiger partial charge in [0.05, 0.1) is 16.8 Å². The van der Waals surface area contributed by atoms with Gasteiger partial charge in [-0.25, -0.2) is 4.98 Å².